The van der Waals surface area contributed by atoms with E-state index in [1.165, 1.54) is 12.1 Å². The van der Waals surface area contributed by atoms with Gasteiger partial charge in [-0.15, -0.1) is 0 Å². The number of quaternary nitrogens is 1. The normalized spacial score (nSPS) is 22.5. The third-order valence-electron chi connectivity index (χ3n) is 4.50. The van der Waals surface area contributed by atoms with E-state index in [1.54, 1.807) is 12.1 Å². The van der Waals surface area contributed by atoms with Crippen molar-refractivity contribution in [1.82, 2.24) is 0 Å². The zero-order valence-corrected chi connectivity index (χ0v) is 17.0. The van der Waals surface area contributed by atoms with E-state index >= 15 is 0 Å². The molecule has 0 bridgehead atoms. The van der Waals surface area contributed by atoms with Crippen LogP contribution < -0.4 is 5.73 Å². The molecule has 0 saturated carbocycles. The van der Waals surface area contributed by atoms with Crippen LogP contribution in [0.5, 0.6) is 0 Å². The molecular weight excluding hydrogens is 469 g/mol. The number of imide groups is 1. The second kappa shape index (κ2) is 8.47. The lowest BCUT2D eigenvalue weighted by Gasteiger charge is -2.37. The smallest absolute Gasteiger partial charge is 0.318 e. The van der Waals surface area contributed by atoms with Crippen molar-refractivity contribution in [1.29, 1.82) is 0 Å². The highest BCUT2D eigenvalue weighted by Gasteiger charge is 2.68. The van der Waals surface area contributed by atoms with E-state index in [4.69, 9.17) is 5.73 Å². The summed E-state index contributed by atoms with van der Waals surface area (Å²) >= 11 is 3.18. The van der Waals surface area contributed by atoms with E-state index in [0.717, 1.165) is 0 Å². The highest BCUT2D eigenvalue weighted by molar-refractivity contribution is 9.10. The average molecular weight is 488 g/mol. The van der Waals surface area contributed by atoms with E-state index in [0.29, 0.717) is 16.5 Å². The van der Waals surface area contributed by atoms with Crippen molar-refractivity contribution in [2.24, 2.45) is 5.73 Å². The summed E-state index contributed by atoms with van der Waals surface area (Å²) in [5, 5.41) is -3.42. The second-order valence-electron chi connectivity index (χ2n) is 6.41. The summed E-state index contributed by atoms with van der Waals surface area (Å²) in [6.07, 6.45) is -5.16. The van der Waals surface area contributed by atoms with Gasteiger partial charge in [0.05, 0.1) is 19.6 Å². The number of likely N-dealkylation sites (tertiary alicyclic amines) is 1. The molecular formula is C16H19BrF3N2O5S+. The third kappa shape index (κ3) is 4.73. The maximum Gasteiger partial charge on any atom is 0.460 e. The highest BCUT2D eigenvalue weighted by atomic mass is 79.9. The van der Waals surface area contributed by atoms with Crippen LogP contribution in [0.15, 0.2) is 28.7 Å². The lowest BCUT2D eigenvalue weighted by atomic mass is 10.2. The molecule has 2 atom stereocenters. The number of benzene rings is 1. The Morgan fingerprint density at radius 2 is 1.82 bits per heavy atom. The number of alkyl halides is 3. The molecule has 12 heteroatoms. The summed E-state index contributed by atoms with van der Waals surface area (Å²) < 4.78 is 69.9. The minimum absolute atomic E-state index is 0.0451. The predicted molar refractivity (Wildman–Crippen MR) is 95.9 cm³/mol. The number of hydrogen-bond acceptors (Lipinski definition) is 5. The molecule has 28 heavy (non-hydrogen) atoms. The number of primary amides is 1. The molecule has 2 rings (SSSR count). The molecule has 1 heterocycles. The van der Waals surface area contributed by atoms with Crippen molar-refractivity contribution in [3.8, 4) is 0 Å². The van der Waals surface area contributed by atoms with Crippen LogP contribution in [0, 0.1) is 0 Å². The zero-order chi connectivity index (χ0) is 21.2. The fourth-order valence-corrected chi connectivity index (χ4v) is 4.95. The van der Waals surface area contributed by atoms with E-state index in [2.05, 4.69) is 20.1 Å². The van der Waals surface area contributed by atoms with Gasteiger partial charge in [-0.25, -0.2) is 9.59 Å². The van der Waals surface area contributed by atoms with Crippen molar-refractivity contribution < 1.29 is 39.8 Å². The first-order chi connectivity index (χ1) is 12.9. The first-order valence-electron chi connectivity index (χ1n) is 8.32. The molecule has 0 spiro atoms. The number of nitrogens with zero attached hydrogens (tertiary/aromatic N) is 1. The van der Waals surface area contributed by atoms with Crippen molar-refractivity contribution >= 4 is 38.0 Å². The van der Waals surface area contributed by atoms with Crippen molar-refractivity contribution in [3.63, 3.8) is 0 Å². The number of hydrogen-bond donors (Lipinski definition) is 1. The molecule has 1 aliphatic rings. The monoisotopic (exact) mass is 487 g/mol. The molecule has 1 saturated heterocycles. The molecule has 1 aromatic rings. The Labute approximate surface area is 168 Å². The first kappa shape index (κ1) is 22.8. The van der Waals surface area contributed by atoms with Crippen LogP contribution >= 0.6 is 15.9 Å². The molecule has 7 nitrogen and oxygen atoms in total. The minimum atomic E-state index is -5.45. The summed E-state index contributed by atoms with van der Waals surface area (Å²) in [5.74, 6) is -1.18. The van der Waals surface area contributed by atoms with Gasteiger partial charge in [-0.05, 0) is 37.0 Å². The molecule has 1 aliphatic heterocycles. The van der Waals surface area contributed by atoms with Crippen LogP contribution in [0.25, 0.3) is 0 Å². The Morgan fingerprint density at radius 3 is 2.36 bits per heavy atom. The van der Waals surface area contributed by atoms with E-state index < -0.39 is 51.2 Å². The number of halogens is 4. The molecule has 0 aliphatic carbocycles. The fraction of sp³-hybridized carbons (Fsp3) is 0.500. The van der Waals surface area contributed by atoms with Crippen LogP contribution in [0.1, 0.15) is 31.2 Å². The summed E-state index contributed by atoms with van der Waals surface area (Å²) in [6.45, 7) is -1.34. The lowest BCUT2D eigenvalue weighted by Crippen LogP contribution is -2.71. The highest BCUT2D eigenvalue weighted by Crippen LogP contribution is 2.38. The van der Waals surface area contributed by atoms with Gasteiger partial charge in [-0.2, -0.15) is 26.1 Å². The summed E-state index contributed by atoms with van der Waals surface area (Å²) in [5.41, 5.74) is 5.46. The quantitative estimate of drug-likeness (QED) is 0.507. The van der Waals surface area contributed by atoms with Gasteiger partial charge in [0.25, 0.3) is 0 Å². The van der Waals surface area contributed by atoms with Gasteiger partial charge in [0.2, 0.25) is 0 Å². The van der Waals surface area contributed by atoms with E-state index in [9.17, 15) is 31.2 Å². The van der Waals surface area contributed by atoms with E-state index in [-0.39, 0.29) is 19.3 Å². The molecule has 0 aromatic heterocycles. The van der Waals surface area contributed by atoms with Gasteiger partial charge in [-0.1, -0.05) is 28.1 Å². The number of urea groups is 1. The van der Waals surface area contributed by atoms with Crippen molar-refractivity contribution in [2.45, 2.75) is 43.8 Å². The number of rotatable bonds is 5. The minimum Gasteiger partial charge on any atom is -0.318 e. The molecule has 2 unspecified atom stereocenters. The third-order valence-corrected chi connectivity index (χ3v) is 6.65. The number of carbonyl (C=O) groups is 2. The molecule has 3 amide bonds. The van der Waals surface area contributed by atoms with E-state index in [1.807, 2.05) is 0 Å². The van der Waals surface area contributed by atoms with Crippen LogP contribution in [0.4, 0.5) is 18.0 Å². The van der Waals surface area contributed by atoms with Crippen LogP contribution in [-0.2, 0) is 25.7 Å². The lowest BCUT2D eigenvalue weighted by molar-refractivity contribution is -0.800. The van der Waals surface area contributed by atoms with Gasteiger partial charge < -0.3 is 5.73 Å². The van der Waals surface area contributed by atoms with Crippen LogP contribution in [-0.4, -0.2) is 42.9 Å². The van der Waals surface area contributed by atoms with Crippen molar-refractivity contribution in [3.05, 3.63) is 34.3 Å². The predicted octanol–water partition coefficient (Wildman–Crippen LogP) is 3.18. The van der Waals surface area contributed by atoms with Crippen LogP contribution in [0.3, 0.4) is 0 Å². The second-order valence-corrected chi connectivity index (χ2v) is 8.99. The Morgan fingerprint density at radius 1 is 1.21 bits per heavy atom. The first-order valence-corrected chi connectivity index (χ1v) is 10.6. The molecule has 1 aromatic carbocycles. The van der Waals surface area contributed by atoms with Crippen molar-refractivity contribution in [2.75, 3.05) is 6.54 Å². The standard InChI is InChI=1S/C16H18BrF3N2O5S/c17-12-7-5-11(6-8-12)10-27-28(25,26)14(16(18,19)20)22(15(21)24)9-3-1-2-4-13(22)23/h5-8,14H,1-4,9-10H2,(H-,21,24)/p+1. The molecule has 0 radical (unpaired) electrons. The summed E-state index contributed by atoms with van der Waals surface area (Å²) in [7, 11) is -5.43. The van der Waals surface area contributed by atoms with Gasteiger partial charge in [0.1, 0.15) is 0 Å². The zero-order valence-electron chi connectivity index (χ0n) is 14.6. The van der Waals surface area contributed by atoms with Gasteiger partial charge in [-0.3, -0.25) is 4.18 Å². The number of carbonyl (C=O) groups excluding carboxylic acids is 2. The summed E-state index contributed by atoms with van der Waals surface area (Å²) in [4.78, 5) is 24.5. The number of amides is 3. The maximum absolute atomic E-state index is 13.8. The number of nitrogens with two attached hydrogens (primary N) is 1. The largest absolute Gasteiger partial charge is 0.460 e. The Kier molecular flexibility index (Phi) is 6.90. The molecule has 156 valence electrons. The fourth-order valence-electron chi connectivity index (χ4n) is 3.16. The van der Waals surface area contributed by atoms with Gasteiger partial charge in [0.15, 0.2) is 0 Å². The maximum atomic E-state index is 13.8. The molecule has 1 fully saturated rings. The molecule has 2 N–H and O–H groups in total. The Balaban J connectivity index is 2.46. The summed E-state index contributed by atoms with van der Waals surface area (Å²) in [6, 6.07) is 4.37. The average Bonchev–Trinajstić information content (AvgIpc) is 2.76. The topological polar surface area (TPSA) is 104 Å². The Hall–Kier alpha value is -1.50. The van der Waals surface area contributed by atoms with Gasteiger partial charge in [0, 0.05) is 4.47 Å². The van der Waals surface area contributed by atoms with Crippen LogP contribution in [0.2, 0.25) is 0 Å². The van der Waals surface area contributed by atoms with Gasteiger partial charge >= 0.3 is 33.6 Å². The SMILES string of the molecule is NC(=O)[N+]1(C(C(F)(F)F)S(=O)(=O)OCc2ccc(Br)cc2)CCCCCC1=O. The Bertz CT molecular complexity index is 845.